The van der Waals surface area contributed by atoms with Gasteiger partial charge in [0.15, 0.2) is 5.96 Å². The number of nitrogens with two attached hydrogens (primary N) is 2. The number of carbonyl (C=O) groups is 1. The van der Waals surface area contributed by atoms with Crippen LogP contribution in [0.15, 0.2) is 34.2 Å². The van der Waals surface area contributed by atoms with E-state index in [-0.39, 0.29) is 29.5 Å². The number of carbonyl (C=O) groups excluding carboxylic acids is 1. The number of hydrogen-bond acceptors (Lipinski definition) is 7. The Bertz CT molecular complexity index is 760. The lowest BCUT2D eigenvalue weighted by Gasteiger charge is -2.16. The number of nitrogens with zero attached hydrogens (tertiary/aromatic N) is 2. The van der Waals surface area contributed by atoms with Crippen LogP contribution in [0, 0.1) is 10.1 Å². The number of guanidine groups is 1. The molecule has 0 aromatic heterocycles. The molecule has 0 aliphatic heterocycles. The van der Waals surface area contributed by atoms with E-state index in [1.54, 1.807) is 0 Å². The van der Waals surface area contributed by atoms with Crippen molar-refractivity contribution in [1.29, 1.82) is 0 Å². The number of methoxy groups -OCH3 is 1. The number of benzene rings is 1. The van der Waals surface area contributed by atoms with E-state index >= 15 is 0 Å². The van der Waals surface area contributed by atoms with Gasteiger partial charge in [-0.15, -0.1) is 0 Å². The van der Waals surface area contributed by atoms with Crippen LogP contribution in [0.4, 0.5) is 5.69 Å². The molecule has 0 aliphatic carbocycles. The summed E-state index contributed by atoms with van der Waals surface area (Å²) in [7, 11) is -3.05. The Hall–Kier alpha value is -2.73. The summed E-state index contributed by atoms with van der Waals surface area (Å²) in [6.45, 7) is 0.203. The topological polar surface area (TPSA) is 180 Å². The van der Waals surface area contributed by atoms with E-state index in [0.29, 0.717) is 6.42 Å². The molecule has 0 saturated carbocycles. The first-order valence-electron chi connectivity index (χ1n) is 7.07. The summed E-state index contributed by atoms with van der Waals surface area (Å²) < 4.78 is 31.5. The Balaban J connectivity index is 2.94. The highest BCUT2D eigenvalue weighted by Crippen LogP contribution is 2.18. The summed E-state index contributed by atoms with van der Waals surface area (Å²) in [5.74, 6) is -0.912. The van der Waals surface area contributed by atoms with Crippen LogP contribution >= 0.6 is 0 Å². The molecule has 138 valence electrons. The van der Waals surface area contributed by atoms with Crippen molar-refractivity contribution in [2.45, 2.75) is 23.8 Å². The van der Waals surface area contributed by atoms with E-state index in [4.69, 9.17) is 11.5 Å². The maximum absolute atomic E-state index is 12.4. The van der Waals surface area contributed by atoms with Crippen molar-refractivity contribution in [2.75, 3.05) is 13.7 Å². The first-order chi connectivity index (χ1) is 11.7. The molecule has 0 amide bonds. The highest BCUT2D eigenvalue weighted by atomic mass is 32.2. The minimum Gasteiger partial charge on any atom is -0.468 e. The largest absolute Gasteiger partial charge is 0.468 e. The van der Waals surface area contributed by atoms with Crippen molar-refractivity contribution in [3.63, 3.8) is 0 Å². The van der Waals surface area contributed by atoms with Gasteiger partial charge in [-0.3, -0.25) is 19.9 Å². The highest BCUT2D eigenvalue weighted by molar-refractivity contribution is 7.89. The zero-order valence-corrected chi connectivity index (χ0v) is 14.2. The van der Waals surface area contributed by atoms with Crippen molar-refractivity contribution in [1.82, 2.24) is 4.72 Å². The van der Waals surface area contributed by atoms with E-state index in [1.807, 2.05) is 0 Å². The minimum atomic E-state index is -4.16. The summed E-state index contributed by atoms with van der Waals surface area (Å²) >= 11 is 0. The van der Waals surface area contributed by atoms with E-state index in [9.17, 15) is 23.3 Å². The molecule has 1 atom stereocenters. The highest BCUT2D eigenvalue weighted by Gasteiger charge is 2.27. The molecule has 0 bridgehead atoms. The van der Waals surface area contributed by atoms with Gasteiger partial charge in [0.2, 0.25) is 10.0 Å². The Morgan fingerprint density at radius 1 is 1.44 bits per heavy atom. The van der Waals surface area contributed by atoms with Crippen LogP contribution in [0.1, 0.15) is 12.8 Å². The molecule has 1 rings (SSSR count). The molecule has 0 radical (unpaired) electrons. The first kappa shape index (κ1) is 20.3. The Morgan fingerprint density at radius 2 is 2.12 bits per heavy atom. The number of nitro groups is 1. The van der Waals surface area contributed by atoms with Gasteiger partial charge < -0.3 is 16.2 Å². The summed E-state index contributed by atoms with van der Waals surface area (Å²) in [5.41, 5.74) is 9.98. The molecule has 12 heteroatoms. The number of non-ortho nitro benzene ring substituents is 1. The second kappa shape index (κ2) is 8.94. The van der Waals surface area contributed by atoms with Crippen LogP contribution in [0.5, 0.6) is 0 Å². The molecule has 0 heterocycles. The standard InChI is InChI=1S/C13H19N5O6S/c1-24-12(19)11(6-3-7-16-13(14)15)17-25(22,23)10-5-2-4-9(8-10)18(20)21/h2,4-5,8,11,17H,3,6-7H2,1H3,(H4,14,15,16). The molecule has 25 heavy (non-hydrogen) atoms. The van der Waals surface area contributed by atoms with Crippen LogP contribution in [0.2, 0.25) is 0 Å². The molecular formula is C13H19N5O6S. The summed E-state index contributed by atoms with van der Waals surface area (Å²) in [4.78, 5) is 25.2. The van der Waals surface area contributed by atoms with Gasteiger partial charge in [-0.2, -0.15) is 4.72 Å². The third kappa shape index (κ3) is 6.35. The number of ether oxygens (including phenoxy) is 1. The lowest BCUT2D eigenvalue weighted by molar-refractivity contribution is -0.385. The molecule has 0 saturated heterocycles. The summed E-state index contributed by atoms with van der Waals surface area (Å²) in [6.07, 6.45) is 0.396. The van der Waals surface area contributed by atoms with Gasteiger partial charge in [-0.25, -0.2) is 8.42 Å². The van der Waals surface area contributed by atoms with E-state index < -0.39 is 27.0 Å². The van der Waals surface area contributed by atoms with Crippen molar-refractivity contribution in [3.05, 3.63) is 34.4 Å². The van der Waals surface area contributed by atoms with Gasteiger partial charge in [-0.05, 0) is 18.9 Å². The molecule has 1 unspecified atom stereocenters. The average molecular weight is 373 g/mol. The minimum absolute atomic E-state index is 0.0810. The molecule has 0 spiro atoms. The van der Waals surface area contributed by atoms with Gasteiger partial charge in [0.1, 0.15) is 6.04 Å². The fraction of sp³-hybridized carbons (Fsp3) is 0.385. The zero-order valence-electron chi connectivity index (χ0n) is 13.4. The number of hydrogen-bond donors (Lipinski definition) is 3. The Kier molecular flexibility index (Phi) is 7.26. The van der Waals surface area contributed by atoms with Gasteiger partial charge in [0.05, 0.1) is 16.9 Å². The van der Waals surface area contributed by atoms with Crippen molar-refractivity contribution in [3.8, 4) is 0 Å². The molecule has 0 aliphatic rings. The van der Waals surface area contributed by atoms with Crippen LogP contribution in [-0.2, 0) is 19.6 Å². The van der Waals surface area contributed by atoms with Crippen LogP contribution in [0.25, 0.3) is 0 Å². The van der Waals surface area contributed by atoms with Gasteiger partial charge in [0, 0.05) is 18.7 Å². The van der Waals surface area contributed by atoms with Crippen LogP contribution < -0.4 is 16.2 Å². The van der Waals surface area contributed by atoms with Crippen molar-refractivity contribution >= 4 is 27.6 Å². The lowest BCUT2D eigenvalue weighted by atomic mass is 10.2. The smallest absolute Gasteiger partial charge is 0.323 e. The quantitative estimate of drug-likeness (QED) is 0.129. The summed E-state index contributed by atoms with van der Waals surface area (Å²) in [5, 5.41) is 10.8. The number of nitro benzene ring substituents is 1. The van der Waals surface area contributed by atoms with Crippen LogP contribution in [0.3, 0.4) is 0 Å². The second-order valence-corrected chi connectivity index (χ2v) is 6.61. The molecular weight excluding hydrogens is 354 g/mol. The number of nitrogens with one attached hydrogen (secondary N) is 1. The third-order valence-electron chi connectivity index (χ3n) is 3.07. The Labute approximate surface area is 144 Å². The fourth-order valence-corrected chi connectivity index (χ4v) is 3.15. The lowest BCUT2D eigenvalue weighted by Crippen LogP contribution is -2.41. The molecule has 1 aromatic rings. The fourth-order valence-electron chi connectivity index (χ4n) is 1.89. The molecule has 0 fully saturated rings. The van der Waals surface area contributed by atoms with Gasteiger partial charge >= 0.3 is 5.97 Å². The van der Waals surface area contributed by atoms with Crippen molar-refractivity contribution in [2.24, 2.45) is 16.5 Å². The average Bonchev–Trinajstić information content (AvgIpc) is 2.56. The zero-order chi connectivity index (χ0) is 19.0. The van der Waals surface area contributed by atoms with Crippen molar-refractivity contribution < 1.29 is 22.9 Å². The maximum Gasteiger partial charge on any atom is 0.323 e. The third-order valence-corrected chi connectivity index (χ3v) is 4.54. The first-order valence-corrected chi connectivity index (χ1v) is 8.55. The molecule has 5 N–H and O–H groups in total. The predicted octanol–water partition coefficient (Wildman–Crippen LogP) is -0.532. The maximum atomic E-state index is 12.4. The summed E-state index contributed by atoms with van der Waals surface area (Å²) in [6, 6.07) is 3.30. The SMILES string of the molecule is COC(=O)C(CCCN=C(N)N)NS(=O)(=O)c1cccc([N+](=O)[O-])c1. The normalized spacial score (nSPS) is 12.2. The molecule has 1 aromatic carbocycles. The predicted molar refractivity (Wildman–Crippen MR) is 89.1 cm³/mol. The van der Waals surface area contributed by atoms with E-state index in [2.05, 4.69) is 14.5 Å². The molecule has 11 nitrogen and oxygen atoms in total. The van der Waals surface area contributed by atoms with Gasteiger partial charge in [-0.1, -0.05) is 6.07 Å². The number of rotatable bonds is 9. The van der Waals surface area contributed by atoms with E-state index in [0.717, 1.165) is 19.2 Å². The second-order valence-electron chi connectivity index (χ2n) is 4.90. The number of esters is 1. The Morgan fingerprint density at radius 3 is 2.68 bits per heavy atom. The van der Waals surface area contributed by atoms with Gasteiger partial charge in [0.25, 0.3) is 5.69 Å². The number of aliphatic imine (C=N–C) groups is 1. The monoisotopic (exact) mass is 373 g/mol. The number of sulfonamides is 1. The van der Waals surface area contributed by atoms with Crippen LogP contribution in [-0.4, -0.2) is 45.0 Å². The van der Waals surface area contributed by atoms with E-state index in [1.165, 1.54) is 12.1 Å².